The third-order valence-electron chi connectivity index (χ3n) is 4.16. The molecule has 3 atom stereocenters. The van der Waals surface area contributed by atoms with Crippen LogP contribution in [0.1, 0.15) is 33.6 Å². The summed E-state index contributed by atoms with van der Waals surface area (Å²) in [5, 5.41) is 7.04. The van der Waals surface area contributed by atoms with Gasteiger partial charge >= 0.3 is 0 Å². The predicted molar refractivity (Wildman–Crippen MR) is 74.5 cm³/mol. The van der Waals surface area contributed by atoms with E-state index in [1.807, 2.05) is 0 Å². The summed E-state index contributed by atoms with van der Waals surface area (Å²) in [7, 11) is 0. The summed E-state index contributed by atoms with van der Waals surface area (Å²) < 4.78 is 0. The first-order chi connectivity index (χ1) is 8.47. The van der Waals surface area contributed by atoms with Gasteiger partial charge in [-0.2, -0.15) is 0 Å². The van der Waals surface area contributed by atoms with Gasteiger partial charge in [0.1, 0.15) is 6.17 Å². The largest absolute Gasteiger partial charge is 0.369 e. The smallest absolute Gasteiger partial charge is 0.109 e. The van der Waals surface area contributed by atoms with Gasteiger partial charge in [-0.25, -0.2) is 0 Å². The SMILES string of the molecule is C=C1NC2CCC=CC3=CN(C(C)(C)C)C(N1)C32. The lowest BCUT2D eigenvalue weighted by Gasteiger charge is -2.46. The molecule has 3 heteroatoms. The average Bonchev–Trinajstić information content (AvgIpc) is 2.49. The molecule has 0 saturated carbocycles. The van der Waals surface area contributed by atoms with Crippen LogP contribution in [0.15, 0.2) is 36.3 Å². The van der Waals surface area contributed by atoms with E-state index in [1.165, 1.54) is 12.0 Å². The maximum atomic E-state index is 4.08. The Bertz CT molecular complexity index is 426. The lowest BCUT2D eigenvalue weighted by molar-refractivity contribution is 0.0895. The summed E-state index contributed by atoms with van der Waals surface area (Å²) in [5.41, 5.74) is 1.58. The van der Waals surface area contributed by atoms with Crippen molar-refractivity contribution in [1.82, 2.24) is 15.5 Å². The zero-order chi connectivity index (χ0) is 12.9. The summed E-state index contributed by atoms with van der Waals surface area (Å²) in [6.45, 7) is 10.9. The highest BCUT2D eigenvalue weighted by Gasteiger charge is 2.45. The second kappa shape index (κ2) is 3.81. The minimum atomic E-state index is 0.132. The molecule has 3 rings (SSSR count). The molecule has 2 heterocycles. The standard InChI is InChI=1S/C15H23N3/c1-10-16-12-8-6-5-7-11-9-18(15(2,3)4)14(17-10)13(11)12/h5,7,9,12-14,16-17H,1,6,8H2,2-4H3. The fourth-order valence-corrected chi connectivity index (χ4v) is 3.34. The van der Waals surface area contributed by atoms with E-state index < -0.39 is 0 Å². The van der Waals surface area contributed by atoms with Gasteiger partial charge in [0.05, 0.1) is 5.82 Å². The van der Waals surface area contributed by atoms with E-state index in [-0.39, 0.29) is 5.54 Å². The molecule has 1 fully saturated rings. The van der Waals surface area contributed by atoms with E-state index in [0.29, 0.717) is 18.1 Å². The van der Waals surface area contributed by atoms with Crippen molar-refractivity contribution in [3.63, 3.8) is 0 Å². The van der Waals surface area contributed by atoms with Crippen molar-refractivity contribution >= 4 is 0 Å². The molecule has 0 bridgehead atoms. The van der Waals surface area contributed by atoms with Gasteiger partial charge in [0.25, 0.3) is 0 Å². The summed E-state index contributed by atoms with van der Waals surface area (Å²) in [6.07, 6.45) is 9.63. The Kier molecular flexibility index (Phi) is 2.47. The summed E-state index contributed by atoms with van der Waals surface area (Å²) >= 11 is 0. The van der Waals surface area contributed by atoms with Crippen LogP contribution < -0.4 is 10.6 Å². The van der Waals surface area contributed by atoms with Crippen LogP contribution in [0.2, 0.25) is 0 Å². The van der Waals surface area contributed by atoms with E-state index in [4.69, 9.17) is 0 Å². The second-order valence-electron chi connectivity index (χ2n) is 6.53. The van der Waals surface area contributed by atoms with Crippen molar-refractivity contribution in [2.75, 3.05) is 0 Å². The molecule has 0 aromatic carbocycles. The van der Waals surface area contributed by atoms with E-state index in [9.17, 15) is 0 Å². The van der Waals surface area contributed by atoms with Crippen LogP contribution >= 0.6 is 0 Å². The third-order valence-corrected chi connectivity index (χ3v) is 4.16. The molecule has 1 saturated heterocycles. The van der Waals surface area contributed by atoms with Gasteiger partial charge in [-0.05, 0) is 39.2 Å². The van der Waals surface area contributed by atoms with Crippen molar-refractivity contribution < 1.29 is 0 Å². The number of allylic oxidation sites excluding steroid dienone is 2. The first-order valence-electron chi connectivity index (χ1n) is 6.85. The number of hydrogen-bond donors (Lipinski definition) is 2. The number of nitrogens with one attached hydrogen (secondary N) is 2. The number of hydrogen-bond acceptors (Lipinski definition) is 3. The number of rotatable bonds is 0. The Labute approximate surface area is 110 Å². The highest BCUT2D eigenvalue weighted by Crippen LogP contribution is 2.40. The van der Waals surface area contributed by atoms with Crippen molar-refractivity contribution in [2.45, 2.75) is 51.4 Å². The van der Waals surface area contributed by atoms with Crippen LogP contribution in [0.3, 0.4) is 0 Å². The Morgan fingerprint density at radius 1 is 1.33 bits per heavy atom. The summed E-state index contributed by atoms with van der Waals surface area (Å²) in [6, 6.07) is 0.511. The third kappa shape index (κ3) is 1.73. The maximum Gasteiger partial charge on any atom is 0.109 e. The molecule has 3 aliphatic rings. The van der Waals surface area contributed by atoms with Crippen LogP contribution in [0.5, 0.6) is 0 Å². The van der Waals surface area contributed by atoms with Crippen molar-refractivity contribution in [2.24, 2.45) is 5.92 Å². The minimum absolute atomic E-state index is 0.132. The molecule has 18 heavy (non-hydrogen) atoms. The van der Waals surface area contributed by atoms with Gasteiger partial charge in [-0.1, -0.05) is 18.7 Å². The molecule has 0 aromatic heterocycles. The highest BCUT2D eigenvalue weighted by molar-refractivity contribution is 5.34. The lowest BCUT2D eigenvalue weighted by atomic mass is 9.88. The van der Waals surface area contributed by atoms with Gasteiger partial charge in [-0.15, -0.1) is 0 Å². The Balaban J connectivity index is 2.00. The van der Waals surface area contributed by atoms with Crippen molar-refractivity contribution in [3.05, 3.63) is 36.3 Å². The molecule has 0 amide bonds. The molecule has 0 aromatic rings. The van der Waals surface area contributed by atoms with Crippen LogP contribution in [-0.2, 0) is 0 Å². The van der Waals surface area contributed by atoms with E-state index in [1.54, 1.807) is 0 Å². The van der Waals surface area contributed by atoms with Gasteiger partial charge in [0, 0.05) is 23.7 Å². The molecule has 2 aliphatic heterocycles. The molecular weight excluding hydrogens is 222 g/mol. The maximum absolute atomic E-state index is 4.08. The topological polar surface area (TPSA) is 27.3 Å². The van der Waals surface area contributed by atoms with Crippen LogP contribution in [0, 0.1) is 5.92 Å². The van der Waals surface area contributed by atoms with Crippen LogP contribution in [-0.4, -0.2) is 22.6 Å². The number of nitrogens with zero attached hydrogens (tertiary/aromatic N) is 1. The van der Waals surface area contributed by atoms with E-state index in [0.717, 1.165) is 12.2 Å². The quantitative estimate of drug-likeness (QED) is 0.686. The molecule has 3 unspecified atom stereocenters. The Morgan fingerprint density at radius 3 is 2.83 bits per heavy atom. The monoisotopic (exact) mass is 245 g/mol. The molecule has 0 spiro atoms. The second-order valence-corrected chi connectivity index (χ2v) is 6.53. The van der Waals surface area contributed by atoms with Crippen LogP contribution in [0.25, 0.3) is 0 Å². The van der Waals surface area contributed by atoms with Crippen molar-refractivity contribution in [3.8, 4) is 0 Å². The van der Waals surface area contributed by atoms with Gasteiger partial charge < -0.3 is 15.5 Å². The minimum Gasteiger partial charge on any atom is -0.369 e. The zero-order valence-electron chi connectivity index (χ0n) is 11.5. The van der Waals surface area contributed by atoms with Crippen LogP contribution in [0.4, 0.5) is 0 Å². The molecule has 98 valence electrons. The van der Waals surface area contributed by atoms with Gasteiger partial charge in [0.15, 0.2) is 0 Å². The molecule has 2 N–H and O–H groups in total. The lowest BCUT2D eigenvalue weighted by Crippen LogP contribution is -2.61. The Morgan fingerprint density at radius 2 is 2.11 bits per heavy atom. The molecule has 3 nitrogen and oxygen atoms in total. The molecular formula is C15H23N3. The average molecular weight is 245 g/mol. The van der Waals surface area contributed by atoms with Crippen molar-refractivity contribution in [1.29, 1.82) is 0 Å². The molecule has 0 radical (unpaired) electrons. The fraction of sp³-hybridized carbons (Fsp3) is 0.600. The Hall–Kier alpha value is -1.38. The van der Waals surface area contributed by atoms with E-state index in [2.05, 4.69) is 61.2 Å². The fourth-order valence-electron chi connectivity index (χ4n) is 3.34. The summed E-state index contributed by atoms with van der Waals surface area (Å²) in [5.74, 6) is 1.50. The first-order valence-corrected chi connectivity index (χ1v) is 6.85. The molecule has 1 aliphatic carbocycles. The first kappa shape index (κ1) is 11.7. The summed E-state index contributed by atoms with van der Waals surface area (Å²) in [4.78, 5) is 2.45. The van der Waals surface area contributed by atoms with Gasteiger partial charge in [-0.3, -0.25) is 0 Å². The zero-order valence-corrected chi connectivity index (χ0v) is 11.5. The van der Waals surface area contributed by atoms with Gasteiger partial charge in [0.2, 0.25) is 0 Å². The highest BCUT2D eigenvalue weighted by atomic mass is 15.4. The normalized spacial score (nSPS) is 34.4. The predicted octanol–water partition coefficient (Wildman–Crippen LogP) is 2.31. The van der Waals surface area contributed by atoms with E-state index >= 15 is 0 Å².